The molecular weight excluding hydrogens is 376 g/mol. The Kier molecular flexibility index (Phi) is 7.84. The van der Waals surface area contributed by atoms with Crippen LogP contribution in [0.15, 0.2) is 18.2 Å². The highest BCUT2D eigenvalue weighted by molar-refractivity contribution is 5.89. The number of likely N-dealkylation sites (tertiary alicyclic amines) is 1. The van der Waals surface area contributed by atoms with Crippen molar-refractivity contribution in [2.75, 3.05) is 38.2 Å². The third kappa shape index (κ3) is 6.12. The molecule has 5 nitrogen and oxygen atoms in total. The monoisotopic (exact) mass is 409 g/mol. The predicted octanol–water partition coefficient (Wildman–Crippen LogP) is 4.49. The molecule has 0 bridgehead atoms. The second-order valence-corrected chi connectivity index (χ2v) is 8.54. The second kappa shape index (κ2) is 10.3. The van der Waals surface area contributed by atoms with Crippen LogP contribution in [0.25, 0.3) is 0 Å². The Balaban J connectivity index is 1.55. The molecule has 0 atom stereocenters. The van der Waals surface area contributed by atoms with E-state index in [4.69, 9.17) is 4.74 Å². The highest BCUT2D eigenvalue weighted by Crippen LogP contribution is 2.25. The Hall–Kier alpha value is -1.73. The lowest BCUT2D eigenvalue weighted by molar-refractivity contribution is 0.00321. The van der Waals surface area contributed by atoms with Crippen molar-refractivity contribution in [2.24, 2.45) is 5.92 Å². The number of benzene rings is 1. The van der Waals surface area contributed by atoms with Crippen molar-refractivity contribution in [1.82, 2.24) is 9.80 Å². The van der Waals surface area contributed by atoms with Crippen molar-refractivity contribution in [1.29, 1.82) is 0 Å². The van der Waals surface area contributed by atoms with E-state index in [1.54, 1.807) is 4.90 Å². The maximum absolute atomic E-state index is 13.8. The number of carbonyl (C=O) groups is 1. The van der Waals surface area contributed by atoms with Crippen LogP contribution in [0.2, 0.25) is 0 Å². The van der Waals surface area contributed by atoms with E-state index >= 15 is 0 Å². The molecule has 1 N–H and O–H groups in total. The van der Waals surface area contributed by atoms with Crippen LogP contribution >= 0.6 is 0 Å². The van der Waals surface area contributed by atoms with E-state index in [0.717, 1.165) is 57.6 Å². The summed E-state index contributed by atoms with van der Waals surface area (Å²) in [5.74, 6) is -0.752. The van der Waals surface area contributed by atoms with E-state index < -0.39 is 11.6 Å². The zero-order valence-corrected chi connectivity index (χ0v) is 17.5. The zero-order valence-electron chi connectivity index (χ0n) is 17.5. The van der Waals surface area contributed by atoms with Crippen molar-refractivity contribution in [3.63, 3.8) is 0 Å². The first kappa shape index (κ1) is 22.0. The van der Waals surface area contributed by atoms with Gasteiger partial charge < -0.3 is 15.0 Å². The third-order valence-electron chi connectivity index (χ3n) is 6.02. The summed E-state index contributed by atoms with van der Waals surface area (Å²) < 4.78 is 32.4. The van der Waals surface area contributed by atoms with Gasteiger partial charge in [0.15, 0.2) is 0 Å². The average molecular weight is 410 g/mol. The third-order valence-corrected chi connectivity index (χ3v) is 6.02. The number of anilines is 1. The van der Waals surface area contributed by atoms with Crippen molar-refractivity contribution in [2.45, 2.75) is 58.0 Å². The van der Waals surface area contributed by atoms with Gasteiger partial charge in [0, 0.05) is 44.5 Å². The summed E-state index contributed by atoms with van der Waals surface area (Å²) in [6.45, 7) is 8.52. The Labute approximate surface area is 172 Å². The molecule has 1 aromatic rings. The average Bonchev–Trinajstić information content (AvgIpc) is 2.71. The van der Waals surface area contributed by atoms with Crippen LogP contribution in [-0.2, 0) is 4.74 Å². The van der Waals surface area contributed by atoms with Crippen LogP contribution in [0.4, 0.5) is 19.3 Å². The highest BCUT2D eigenvalue weighted by Gasteiger charge is 2.32. The van der Waals surface area contributed by atoms with E-state index in [2.05, 4.69) is 24.1 Å². The number of halogens is 2. The molecule has 29 heavy (non-hydrogen) atoms. The number of nitrogens with zero attached hydrogens (tertiary/aromatic N) is 2. The molecular formula is C22H33F2N3O2. The van der Waals surface area contributed by atoms with Gasteiger partial charge in [0.25, 0.3) is 0 Å². The van der Waals surface area contributed by atoms with Crippen LogP contribution < -0.4 is 5.32 Å². The Morgan fingerprint density at radius 2 is 1.83 bits per heavy atom. The number of rotatable bonds is 6. The van der Waals surface area contributed by atoms with Crippen LogP contribution in [0.3, 0.4) is 0 Å². The summed E-state index contributed by atoms with van der Waals surface area (Å²) in [5.41, 5.74) is 0.0132. The number of amides is 2. The molecule has 2 aliphatic heterocycles. The normalized spacial score (nSPS) is 19.2. The van der Waals surface area contributed by atoms with E-state index in [9.17, 15) is 13.6 Å². The van der Waals surface area contributed by atoms with Gasteiger partial charge in [0.05, 0.1) is 5.69 Å². The van der Waals surface area contributed by atoms with Crippen molar-refractivity contribution < 1.29 is 18.3 Å². The van der Waals surface area contributed by atoms with Gasteiger partial charge in [-0.3, -0.25) is 4.90 Å². The van der Waals surface area contributed by atoms with Crippen LogP contribution in [0.1, 0.15) is 46.0 Å². The molecule has 2 heterocycles. The number of hydrogen-bond acceptors (Lipinski definition) is 3. The largest absolute Gasteiger partial charge is 0.381 e. The highest BCUT2D eigenvalue weighted by atomic mass is 19.1. The van der Waals surface area contributed by atoms with Gasteiger partial charge in [0.2, 0.25) is 0 Å². The molecule has 0 aromatic heterocycles. The molecule has 2 aliphatic rings. The molecule has 0 unspecified atom stereocenters. The van der Waals surface area contributed by atoms with Crippen molar-refractivity contribution in [3.05, 3.63) is 29.8 Å². The van der Waals surface area contributed by atoms with Crippen LogP contribution in [0, 0.1) is 17.6 Å². The lowest BCUT2D eigenvalue weighted by Gasteiger charge is -2.44. The summed E-state index contributed by atoms with van der Waals surface area (Å²) in [6, 6.07) is 3.88. The zero-order chi connectivity index (χ0) is 20.8. The predicted molar refractivity (Wildman–Crippen MR) is 110 cm³/mol. The van der Waals surface area contributed by atoms with Crippen LogP contribution in [0.5, 0.6) is 0 Å². The maximum atomic E-state index is 13.8. The molecule has 0 spiro atoms. The van der Waals surface area contributed by atoms with Gasteiger partial charge >= 0.3 is 6.03 Å². The molecule has 2 amide bonds. The first-order valence-corrected chi connectivity index (χ1v) is 10.8. The summed E-state index contributed by atoms with van der Waals surface area (Å²) in [6.07, 6.45) is 5.14. The van der Waals surface area contributed by atoms with Crippen molar-refractivity contribution >= 4 is 11.7 Å². The topological polar surface area (TPSA) is 44.8 Å². The Morgan fingerprint density at radius 3 is 2.45 bits per heavy atom. The summed E-state index contributed by atoms with van der Waals surface area (Å²) in [5, 5.41) is 2.57. The molecule has 0 saturated carbocycles. The number of ether oxygens (including phenoxy) is 1. The van der Waals surface area contributed by atoms with E-state index in [-0.39, 0.29) is 11.7 Å². The second-order valence-electron chi connectivity index (χ2n) is 8.54. The smallest absolute Gasteiger partial charge is 0.321 e. The fourth-order valence-electron chi connectivity index (χ4n) is 4.27. The minimum absolute atomic E-state index is 0.0132. The molecule has 3 rings (SSSR count). The maximum Gasteiger partial charge on any atom is 0.321 e. The van der Waals surface area contributed by atoms with E-state index in [1.165, 1.54) is 12.5 Å². The van der Waals surface area contributed by atoms with Gasteiger partial charge in [-0.05, 0) is 56.7 Å². The first-order valence-electron chi connectivity index (χ1n) is 10.8. The standard InChI is InChI=1S/C22H33F2N3O2/c1-16(2)5-12-27(19-8-13-29-14-9-19)18-6-10-26(11-7-18)22(28)25-21-4-3-17(23)15-20(21)24/h3-4,15-16,18-19H,5-14H2,1-2H3,(H,25,28). The minimum Gasteiger partial charge on any atom is -0.381 e. The van der Waals surface area contributed by atoms with Gasteiger partial charge in [0.1, 0.15) is 11.6 Å². The van der Waals surface area contributed by atoms with Crippen LogP contribution in [-0.4, -0.2) is 60.8 Å². The lowest BCUT2D eigenvalue weighted by atomic mass is 9.96. The summed E-state index contributed by atoms with van der Waals surface area (Å²) in [7, 11) is 0. The fourth-order valence-corrected chi connectivity index (χ4v) is 4.27. The van der Waals surface area contributed by atoms with E-state index in [1.807, 2.05) is 0 Å². The van der Waals surface area contributed by atoms with Gasteiger partial charge in [-0.1, -0.05) is 13.8 Å². The SMILES string of the molecule is CC(C)CCN(C1CCOCC1)C1CCN(C(=O)Nc2ccc(F)cc2F)CC1. The molecule has 2 fully saturated rings. The fraction of sp³-hybridized carbons (Fsp3) is 0.682. The Morgan fingerprint density at radius 1 is 1.17 bits per heavy atom. The molecule has 2 saturated heterocycles. The lowest BCUT2D eigenvalue weighted by Crippen LogP contribution is -2.52. The summed E-state index contributed by atoms with van der Waals surface area (Å²) >= 11 is 0. The molecule has 0 radical (unpaired) electrons. The number of hydrogen-bond donors (Lipinski definition) is 1. The van der Waals surface area contributed by atoms with Gasteiger partial charge in [-0.2, -0.15) is 0 Å². The molecule has 1 aromatic carbocycles. The summed E-state index contributed by atoms with van der Waals surface area (Å²) in [4.78, 5) is 16.9. The number of piperidine rings is 1. The van der Waals surface area contributed by atoms with Crippen molar-refractivity contribution in [3.8, 4) is 0 Å². The number of nitrogens with one attached hydrogen (secondary N) is 1. The number of urea groups is 1. The first-order chi connectivity index (χ1) is 13.9. The van der Waals surface area contributed by atoms with E-state index in [0.29, 0.717) is 31.1 Å². The Bertz CT molecular complexity index is 672. The number of carbonyl (C=O) groups excluding carboxylic acids is 1. The van der Waals surface area contributed by atoms with Gasteiger partial charge in [-0.25, -0.2) is 13.6 Å². The molecule has 0 aliphatic carbocycles. The molecule has 162 valence electrons. The minimum atomic E-state index is -0.757. The molecule has 7 heteroatoms. The quantitative estimate of drug-likeness (QED) is 0.753. The van der Waals surface area contributed by atoms with Gasteiger partial charge in [-0.15, -0.1) is 0 Å².